The first-order chi connectivity index (χ1) is 30.4. The van der Waals surface area contributed by atoms with Gasteiger partial charge in [0.15, 0.2) is 0 Å². The molecule has 2 saturated heterocycles. The van der Waals surface area contributed by atoms with E-state index in [-0.39, 0.29) is 40.6 Å². The fourth-order valence-corrected chi connectivity index (χ4v) is 11.2. The van der Waals surface area contributed by atoms with Crippen LogP contribution < -0.4 is 26.6 Å². The van der Waals surface area contributed by atoms with Gasteiger partial charge in [0.05, 0.1) is 11.1 Å². The first-order valence-corrected chi connectivity index (χ1v) is 22.4. The lowest BCUT2D eigenvalue weighted by Gasteiger charge is -2.47. The molecular formula is C48H47Cl2FN6O6. The van der Waals surface area contributed by atoms with Crippen LogP contribution in [0.3, 0.4) is 0 Å². The van der Waals surface area contributed by atoms with E-state index in [9.17, 15) is 28.8 Å². The van der Waals surface area contributed by atoms with E-state index in [2.05, 4.69) is 26.6 Å². The Morgan fingerprint density at radius 3 is 2.44 bits per heavy atom. The van der Waals surface area contributed by atoms with Crippen molar-refractivity contribution in [1.82, 2.24) is 20.9 Å². The molecule has 0 radical (unpaired) electrons. The summed E-state index contributed by atoms with van der Waals surface area (Å²) in [6, 6.07) is 20.6. The molecule has 1 saturated carbocycles. The summed E-state index contributed by atoms with van der Waals surface area (Å²) in [5, 5.41) is 15.3. The Labute approximate surface area is 374 Å². The van der Waals surface area contributed by atoms with Crippen LogP contribution in [0.25, 0.3) is 0 Å². The van der Waals surface area contributed by atoms with Crippen LogP contribution in [0, 0.1) is 5.82 Å². The fraction of sp³-hybridized carbons (Fsp3) is 0.375. The Kier molecular flexibility index (Phi) is 11.6. The molecular weight excluding hydrogens is 846 g/mol. The monoisotopic (exact) mass is 892 g/mol. The molecule has 5 aliphatic rings. The molecule has 1 aliphatic carbocycles. The van der Waals surface area contributed by atoms with Crippen LogP contribution in [0.1, 0.15) is 113 Å². The number of nitrogens with one attached hydrogen (secondary N) is 5. The molecule has 4 atom stereocenters. The summed E-state index contributed by atoms with van der Waals surface area (Å²) in [6.07, 6.45) is 7.54. The van der Waals surface area contributed by atoms with Crippen LogP contribution in [0.5, 0.6) is 0 Å². The second-order valence-corrected chi connectivity index (χ2v) is 18.2. The minimum atomic E-state index is -1.35. The largest absolute Gasteiger partial charge is 0.352 e. The van der Waals surface area contributed by atoms with Crippen LogP contribution in [0.15, 0.2) is 78.9 Å². The molecule has 4 aromatic carbocycles. The van der Waals surface area contributed by atoms with E-state index >= 15 is 4.39 Å². The van der Waals surface area contributed by atoms with Gasteiger partial charge in [-0.05, 0) is 109 Å². The number of hydrogen-bond acceptors (Lipinski definition) is 7. The van der Waals surface area contributed by atoms with Crippen molar-refractivity contribution in [1.29, 1.82) is 0 Å². The molecule has 3 fully saturated rings. The highest BCUT2D eigenvalue weighted by molar-refractivity contribution is 6.31. The maximum Gasteiger partial charge on any atom is 0.255 e. The lowest BCUT2D eigenvalue weighted by Crippen LogP contribution is -2.60. The maximum atomic E-state index is 16.2. The number of hydrogen-bond donors (Lipinski definition) is 5. The van der Waals surface area contributed by atoms with Gasteiger partial charge in [0.2, 0.25) is 23.6 Å². The molecule has 4 heterocycles. The Morgan fingerprint density at radius 2 is 1.67 bits per heavy atom. The highest BCUT2D eigenvalue weighted by atomic mass is 35.5. The van der Waals surface area contributed by atoms with E-state index in [0.717, 1.165) is 56.1 Å². The third-order valence-corrected chi connectivity index (χ3v) is 14.3. The molecule has 0 aromatic heterocycles. The van der Waals surface area contributed by atoms with E-state index in [1.165, 1.54) is 6.07 Å². The van der Waals surface area contributed by atoms with Gasteiger partial charge in [-0.1, -0.05) is 79.2 Å². The zero-order valence-corrected chi connectivity index (χ0v) is 36.0. The molecule has 1 unspecified atom stereocenters. The van der Waals surface area contributed by atoms with Crippen molar-refractivity contribution >= 4 is 70.0 Å². The smallest absolute Gasteiger partial charge is 0.255 e. The zero-order chi connectivity index (χ0) is 44.0. The van der Waals surface area contributed by atoms with Crippen LogP contribution in [0.4, 0.5) is 15.8 Å². The van der Waals surface area contributed by atoms with Gasteiger partial charge in [0.1, 0.15) is 17.3 Å². The summed E-state index contributed by atoms with van der Waals surface area (Å²) in [7, 11) is 0. The standard InChI is InChI=1S/C48H47Cl2FN6O6/c49-30-15-18-34-36(25-30)54-46(63)48(34)39(32-9-7-10-35(50)40(32)51)41(56-47(48)21-4-2-5-22-47)44(61)53-31-16-13-28(14-17-31)42(59)52-23-6-1-3-8-27-11-12-29-26-57(45(62)33(29)24-27)37-19-20-38(58)55-43(37)60/h7,9-18,24-25,37,39,41,56H,1-6,8,19-23,26H2,(H,52,59)(H,53,61)(H,54,63)(H,55,58,60)/t37?,39-,41+,48+/m0/s1. The predicted molar refractivity (Wildman–Crippen MR) is 236 cm³/mol. The molecule has 5 N–H and O–H groups in total. The molecule has 2 spiro atoms. The van der Waals surface area contributed by atoms with Gasteiger partial charge in [0, 0.05) is 58.5 Å². The number of anilines is 2. The molecule has 63 heavy (non-hydrogen) atoms. The Balaban J connectivity index is 0.824. The number of halogens is 3. The van der Waals surface area contributed by atoms with Crippen molar-refractivity contribution in [2.45, 2.75) is 106 Å². The second-order valence-electron chi connectivity index (χ2n) is 17.4. The molecule has 0 bridgehead atoms. The Bertz CT molecular complexity index is 2550. The van der Waals surface area contributed by atoms with Gasteiger partial charge >= 0.3 is 0 Å². The Morgan fingerprint density at radius 1 is 0.873 bits per heavy atom. The van der Waals surface area contributed by atoms with Crippen molar-refractivity contribution < 1.29 is 33.2 Å². The van der Waals surface area contributed by atoms with Crippen molar-refractivity contribution in [2.75, 3.05) is 17.2 Å². The topological polar surface area (TPSA) is 166 Å². The van der Waals surface area contributed by atoms with E-state index < -0.39 is 46.6 Å². The molecule has 9 rings (SSSR count). The molecule has 326 valence electrons. The normalized spacial score (nSPS) is 23.4. The number of nitrogens with zero attached hydrogens (tertiary/aromatic N) is 1. The molecule has 6 amide bonds. The Hall–Kier alpha value is -5.63. The highest BCUT2D eigenvalue weighted by Crippen LogP contribution is 2.63. The third kappa shape index (κ3) is 7.57. The number of fused-ring (bicyclic) bond motifs is 4. The van der Waals surface area contributed by atoms with Crippen LogP contribution >= 0.6 is 23.2 Å². The maximum absolute atomic E-state index is 16.2. The number of amides is 6. The van der Waals surface area contributed by atoms with E-state index in [1.54, 1.807) is 53.4 Å². The number of imide groups is 1. The van der Waals surface area contributed by atoms with E-state index in [0.29, 0.717) is 65.4 Å². The number of benzene rings is 4. The summed E-state index contributed by atoms with van der Waals surface area (Å²) in [5.74, 6) is -3.61. The number of rotatable bonds is 11. The molecule has 12 nitrogen and oxygen atoms in total. The average molecular weight is 894 g/mol. The van der Waals surface area contributed by atoms with Crippen molar-refractivity contribution in [3.05, 3.63) is 128 Å². The SMILES string of the molecule is O=C1CCC(N2Cc3ccc(CCCCCNC(=O)c4ccc(NC(=O)[C@@H]5NC6(CCCCC6)[C@@]6(C(=O)Nc7cc(Cl)ccc76)[C@H]5c5cccc(Cl)c5F)cc4)cc3C2=O)C(=O)N1. The van der Waals surface area contributed by atoms with Crippen LogP contribution in [0.2, 0.25) is 10.0 Å². The summed E-state index contributed by atoms with van der Waals surface area (Å²) >= 11 is 12.8. The molecule has 4 aromatic rings. The number of carbonyl (C=O) groups is 6. The van der Waals surface area contributed by atoms with Gasteiger partial charge in [-0.2, -0.15) is 0 Å². The van der Waals surface area contributed by atoms with Crippen molar-refractivity contribution in [3.63, 3.8) is 0 Å². The number of unbranched alkanes of at least 4 members (excludes halogenated alkanes) is 2. The fourth-order valence-electron chi connectivity index (χ4n) is 10.8. The number of piperidine rings is 1. The number of aryl methyl sites for hydroxylation is 1. The van der Waals surface area contributed by atoms with Crippen LogP contribution in [-0.4, -0.2) is 64.5 Å². The third-order valence-electron chi connectivity index (χ3n) is 13.7. The van der Waals surface area contributed by atoms with Gasteiger partial charge in [0.25, 0.3) is 11.8 Å². The van der Waals surface area contributed by atoms with E-state index in [4.69, 9.17) is 23.2 Å². The lowest BCUT2D eigenvalue weighted by molar-refractivity contribution is -0.137. The highest BCUT2D eigenvalue weighted by Gasteiger charge is 2.72. The summed E-state index contributed by atoms with van der Waals surface area (Å²) in [6.45, 7) is 0.806. The summed E-state index contributed by atoms with van der Waals surface area (Å²) < 4.78 is 16.2. The molecule has 15 heteroatoms. The van der Waals surface area contributed by atoms with Crippen LogP contribution in [-0.2, 0) is 37.6 Å². The summed E-state index contributed by atoms with van der Waals surface area (Å²) in [4.78, 5) is 80.9. The minimum Gasteiger partial charge on any atom is -0.352 e. The first kappa shape index (κ1) is 42.7. The summed E-state index contributed by atoms with van der Waals surface area (Å²) in [5.41, 5.74) is 2.48. The van der Waals surface area contributed by atoms with Gasteiger partial charge < -0.3 is 20.9 Å². The van der Waals surface area contributed by atoms with Gasteiger partial charge in [-0.15, -0.1) is 0 Å². The van der Waals surface area contributed by atoms with Crippen molar-refractivity contribution in [2.24, 2.45) is 0 Å². The second kappa shape index (κ2) is 17.2. The van der Waals surface area contributed by atoms with Gasteiger partial charge in [-0.25, -0.2) is 4.39 Å². The quantitative estimate of drug-likeness (QED) is 0.0778. The zero-order valence-electron chi connectivity index (χ0n) is 34.5. The van der Waals surface area contributed by atoms with E-state index in [1.807, 2.05) is 24.3 Å². The number of carbonyl (C=O) groups excluding carboxylic acids is 6. The predicted octanol–water partition coefficient (Wildman–Crippen LogP) is 7.32. The molecule has 4 aliphatic heterocycles. The lowest BCUT2D eigenvalue weighted by atomic mass is 9.55. The average Bonchev–Trinajstić information content (AvgIpc) is 3.86. The first-order valence-electron chi connectivity index (χ1n) is 21.7. The van der Waals surface area contributed by atoms with Gasteiger partial charge in [-0.3, -0.25) is 39.4 Å². The minimum absolute atomic E-state index is 0.105. The van der Waals surface area contributed by atoms with Crippen molar-refractivity contribution in [3.8, 4) is 0 Å².